The molecule has 27 heavy (non-hydrogen) atoms. The summed E-state index contributed by atoms with van der Waals surface area (Å²) in [5.74, 6) is 1.51. The van der Waals surface area contributed by atoms with Crippen molar-refractivity contribution in [3.05, 3.63) is 35.9 Å². The van der Waals surface area contributed by atoms with Crippen LogP contribution in [0.1, 0.15) is 25.8 Å². The zero-order valence-corrected chi connectivity index (χ0v) is 17.2. The number of rotatable bonds is 5. The van der Waals surface area contributed by atoms with Gasteiger partial charge >= 0.3 is 0 Å². The van der Waals surface area contributed by atoms with Crippen LogP contribution in [-0.2, 0) is 20.6 Å². The molecule has 0 saturated carbocycles. The Kier molecular flexibility index (Phi) is 6.55. The van der Waals surface area contributed by atoms with Crippen molar-refractivity contribution in [3.63, 3.8) is 0 Å². The van der Waals surface area contributed by atoms with E-state index in [-0.39, 0.29) is 11.7 Å². The Morgan fingerprint density at radius 1 is 1.04 bits per heavy atom. The van der Waals surface area contributed by atoms with Crippen molar-refractivity contribution in [1.82, 2.24) is 9.21 Å². The molecule has 2 saturated heterocycles. The summed E-state index contributed by atoms with van der Waals surface area (Å²) in [6, 6.07) is 9.26. The number of nitrogens with one attached hydrogen (secondary N) is 1. The minimum Gasteiger partial charge on any atom is -0.335 e. The molecule has 1 aromatic carbocycles. The summed E-state index contributed by atoms with van der Waals surface area (Å²) in [5.41, 5.74) is 0.799. The van der Waals surface area contributed by atoms with Crippen LogP contribution < -0.4 is 4.90 Å². The van der Waals surface area contributed by atoms with Crippen LogP contribution in [0.25, 0.3) is 0 Å². The predicted molar refractivity (Wildman–Crippen MR) is 106 cm³/mol. The van der Waals surface area contributed by atoms with E-state index in [1.807, 2.05) is 35.2 Å². The van der Waals surface area contributed by atoms with E-state index in [1.54, 1.807) is 0 Å². The lowest BCUT2D eigenvalue weighted by Gasteiger charge is -2.36. The van der Waals surface area contributed by atoms with Gasteiger partial charge in [-0.05, 0) is 12.0 Å². The van der Waals surface area contributed by atoms with E-state index in [9.17, 15) is 13.2 Å². The number of likely N-dealkylation sites (tertiary alicyclic amines) is 1. The van der Waals surface area contributed by atoms with E-state index in [0.29, 0.717) is 44.6 Å². The number of sulfonamides is 1. The molecule has 2 aliphatic rings. The van der Waals surface area contributed by atoms with Gasteiger partial charge in [-0.2, -0.15) is 4.31 Å². The Morgan fingerprint density at radius 2 is 1.63 bits per heavy atom. The van der Waals surface area contributed by atoms with Crippen LogP contribution in [0.4, 0.5) is 0 Å². The molecule has 2 heterocycles. The van der Waals surface area contributed by atoms with Gasteiger partial charge in [-0.1, -0.05) is 44.2 Å². The number of piperazine rings is 1. The Hall–Kier alpha value is -1.44. The summed E-state index contributed by atoms with van der Waals surface area (Å²) in [5, 5.41) is 0. The molecule has 150 valence electrons. The molecular formula is C20H32N3O3S+. The maximum absolute atomic E-state index is 12.7. The van der Waals surface area contributed by atoms with Crippen LogP contribution in [0, 0.1) is 11.8 Å². The standard InChI is InChI=1S/C20H31N3O3S/c1-17-12-18(2)14-21(13-17)15-20(24)22-8-10-23(11-9-22)27(25,26)16-19-6-4-3-5-7-19/h3-7,17-18H,8-16H2,1-2H3/p+1/t17-,18+. The highest BCUT2D eigenvalue weighted by Gasteiger charge is 2.32. The summed E-state index contributed by atoms with van der Waals surface area (Å²) in [4.78, 5) is 15.9. The first-order valence-corrected chi connectivity index (χ1v) is 11.6. The van der Waals surface area contributed by atoms with Crippen molar-refractivity contribution >= 4 is 15.9 Å². The number of amides is 1. The highest BCUT2D eigenvalue weighted by atomic mass is 32.2. The second kappa shape index (κ2) is 8.71. The predicted octanol–water partition coefficient (Wildman–Crippen LogP) is 0.221. The molecule has 2 aliphatic heterocycles. The average molecular weight is 395 g/mol. The Morgan fingerprint density at radius 3 is 2.22 bits per heavy atom. The fourth-order valence-electron chi connectivity index (χ4n) is 4.48. The lowest BCUT2D eigenvalue weighted by Crippen LogP contribution is -3.15. The second-order valence-corrected chi connectivity index (χ2v) is 10.3. The molecule has 0 aromatic heterocycles. The highest BCUT2D eigenvalue weighted by molar-refractivity contribution is 7.88. The minimum atomic E-state index is -3.34. The van der Waals surface area contributed by atoms with Gasteiger partial charge in [0.2, 0.25) is 10.0 Å². The highest BCUT2D eigenvalue weighted by Crippen LogP contribution is 2.14. The molecule has 0 aliphatic carbocycles. The molecule has 1 N–H and O–H groups in total. The molecular weight excluding hydrogens is 362 g/mol. The number of piperidine rings is 1. The van der Waals surface area contributed by atoms with Crippen molar-refractivity contribution in [2.75, 3.05) is 45.8 Å². The van der Waals surface area contributed by atoms with Crippen LogP contribution >= 0.6 is 0 Å². The van der Waals surface area contributed by atoms with Crippen molar-refractivity contribution in [1.29, 1.82) is 0 Å². The van der Waals surface area contributed by atoms with Gasteiger partial charge in [-0.15, -0.1) is 0 Å². The number of carbonyl (C=O) groups is 1. The average Bonchev–Trinajstić information content (AvgIpc) is 2.61. The van der Waals surface area contributed by atoms with E-state index in [4.69, 9.17) is 0 Å². The van der Waals surface area contributed by atoms with Crippen molar-refractivity contribution in [2.24, 2.45) is 11.8 Å². The normalized spacial score (nSPS) is 27.5. The number of benzene rings is 1. The van der Waals surface area contributed by atoms with Gasteiger partial charge in [0, 0.05) is 38.0 Å². The first-order chi connectivity index (χ1) is 12.8. The number of carbonyl (C=O) groups excluding carboxylic acids is 1. The van der Waals surface area contributed by atoms with Gasteiger partial charge in [0.05, 0.1) is 18.8 Å². The molecule has 3 atom stereocenters. The summed E-state index contributed by atoms with van der Waals surface area (Å²) >= 11 is 0. The van der Waals surface area contributed by atoms with Gasteiger partial charge in [0.25, 0.3) is 5.91 Å². The summed E-state index contributed by atoms with van der Waals surface area (Å²) in [6.45, 7) is 8.93. The lowest BCUT2D eigenvalue weighted by molar-refractivity contribution is -0.904. The molecule has 0 spiro atoms. The van der Waals surface area contributed by atoms with E-state index >= 15 is 0 Å². The van der Waals surface area contributed by atoms with Crippen LogP contribution in [-0.4, -0.2) is 69.3 Å². The molecule has 1 unspecified atom stereocenters. The fraction of sp³-hybridized carbons (Fsp3) is 0.650. The van der Waals surface area contributed by atoms with Gasteiger partial charge in [-0.25, -0.2) is 8.42 Å². The topological polar surface area (TPSA) is 62.1 Å². The molecule has 3 rings (SSSR count). The second-order valence-electron chi connectivity index (χ2n) is 8.30. The maximum atomic E-state index is 12.7. The molecule has 0 radical (unpaired) electrons. The largest absolute Gasteiger partial charge is 0.335 e. The van der Waals surface area contributed by atoms with Crippen LogP contribution in [0.3, 0.4) is 0 Å². The first kappa shape index (κ1) is 20.3. The Labute approximate surface area is 163 Å². The van der Waals surface area contributed by atoms with Gasteiger partial charge in [-0.3, -0.25) is 4.79 Å². The zero-order valence-electron chi connectivity index (χ0n) is 16.4. The van der Waals surface area contributed by atoms with E-state index < -0.39 is 10.0 Å². The fourth-order valence-corrected chi connectivity index (χ4v) is 6.00. The maximum Gasteiger partial charge on any atom is 0.277 e. The summed E-state index contributed by atoms with van der Waals surface area (Å²) < 4.78 is 26.8. The third-order valence-corrected chi connectivity index (χ3v) is 7.51. The van der Waals surface area contributed by atoms with Gasteiger partial charge in [0.1, 0.15) is 0 Å². The molecule has 0 bridgehead atoms. The Balaban J connectivity index is 1.50. The van der Waals surface area contributed by atoms with E-state index in [1.165, 1.54) is 15.6 Å². The minimum absolute atomic E-state index is 0.0233. The van der Waals surface area contributed by atoms with Gasteiger partial charge in [0.15, 0.2) is 6.54 Å². The van der Waals surface area contributed by atoms with Crippen molar-refractivity contribution < 1.29 is 18.1 Å². The lowest BCUT2D eigenvalue weighted by atomic mass is 9.92. The summed E-state index contributed by atoms with van der Waals surface area (Å²) in [6.07, 6.45) is 1.25. The molecule has 1 aromatic rings. The Bertz CT molecular complexity index is 720. The smallest absolute Gasteiger partial charge is 0.277 e. The van der Waals surface area contributed by atoms with Crippen LogP contribution in [0.5, 0.6) is 0 Å². The van der Waals surface area contributed by atoms with Crippen LogP contribution in [0.15, 0.2) is 30.3 Å². The number of hydrogen-bond acceptors (Lipinski definition) is 3. The van der Waals surface area contributed by atoms with E-state index in [2.05, 4.69) is 13.8 Å². The SMILES string of the molecule is C[C@@H]1C[C@H](C)C[NH+](CC(=O)N2CCN(S(=O)(=O)Cc3ccccc3)CC2)C1. The van der Waals surface area contributed by atoms with Crippen molar-refractivity contribution in [3.8, 4) is 0 Å². The summed E-state index contributed by atoms with van der Waals surface area (Å²) in [7, 11) is -3.34. The first-order valence-electron chi connectivity index (χ1n) is 9.96. The number of quaternary nitrogens is 1. The zero-order chi connectivity index (χ0) is 19.4. The van der Waals surface area contributed by atoms with Gasteiger partial charge < -0.3 is 9.80 Å². The number of hydrogen-bond donors (Lipinski definition) is 1. The van der Waals surface area contributed by atoms with E-state index in [0.717, 1.165) is 18.7 Å². The van der Waals surface area contributed by atoms with Crippen molar-refractivity contribution in [2.45, 2.75) is 26.0 Å². The molecule has 2 fully saturated rings. The third kappa shape index (κ3) is 5.53. The van der Waals surface area contributed by atoms with Crippen LogP contribution in [0.2, 0.25) is 0 Å². The number of nitrogens with zero attached hydrogens (tertiary/aromatic N) is 2. The quantitative estimate of drug-likeness (QED) is 0.777. The molecule has 1 amide bonds. The monoisotopic (exact) mass is 394 g/mol. The molecule has 6 nitrogen and oxygen atoms in total. The third-order valence-electron chi connectivity index (χ3n) is 5.66. The molecule has 7 heteroatoms.